The largest absolute Gasteiger partial charge is 0.462 e. The molecule has 126 valence electrons. The van der Waals surface area contributed by atoms with Crippen LogP contribution in [0.15, 0.2) is 18.2 Å². The maximum Gasteiger partial charge on any atom is 0.416 e. The fourth-order valence-corrected chi connectivity index (χ4v) is 1.51. The summed E-state index contributed by atoms with van der Waals surface area (Å²) in [4.78, 5) is 11.1. The monoisotopic (exact) mass is 351 g/mol. The van der Waals surface area contributed by atoms with Crippen LogP contribution in [0.5, 0.6) is 0 Å². The third kappa shape index (κ3) is 4.26. The second-order valence-corrected chi connectivity index (χ2v) is 4.06. The van der Waals surface area contributed by atoms with Gasteiger partial charge in [0.15, 0.2) is 0 Å². The molecule has 10 heteroatoms. The molecule has 0 bridgehead atoms. The number of hydrogen-bond donors (Lipinski definition) is 1. The summed E-state index contributed by atoms with van der Waals surface area (Å²) in [6.45, 7) is 0.925. The predicted octanol–water partition coefficient (Wildman–Crippen LogP) is 3.46. The molecule has 3 nitrogen and oxygen atoms in total. The highest BCUT2D eigenvalue weighted by Crippen LogP contribution is 2.35. The van der Waals surface area contributed by atoms with E-state index >= 15 is 0 Å². The van der Waals surface area contributed by atoms with E-state index in [0.29, 0.717) is 12.1 Å². The summed E-state index contributed by atoms with van der Waals surface area (Å²) in [5.41, 5.74) is 2.82. The molecule has 0 radical (unpaired) electrons. The van der Waals surface area contributed by atoms with Crippen molar-refractivity contribution in [2.24, 2.45) is 5.73 Å². The van der Waals surface area contributed by atoms with Gasteiger partial charge < -0.3 is 10.5 Å². The van der Waals surface area contributed by atoms with E-state index < -0.39 is 41.1 Å². The fourth-order valence-electron chi connectivity index (χ4n) is 1.51. The lowest BCUT2D eigenvalue weighted by atomic mass is 9.99. The van der Waals surface area contributed by atoms with Gasteiger partial charge in [-0.05, 0) is 19.1 Å². The molecule has 1 aromatic carbocycles. The van der Waals surface area contributed by atoms with Crippen molar-refractivity contribution in [1.82, 2.24) is 0 Å². The molecule has 0 spiro atoms. The van der Waals surface area contributed by atoms with Crippen molar-refractivity contribution in [3.63, 3.8) is 0 Å². The number of halogens is 7. The van der Waals surface area contributed by atoms with Crippen LogP contribution in [0, 0.1) is 5.82 Å². The molecular formula is C12H12ClF6NO2. The highest BCUT2D eigenvalue weighted by Gasteiger charge is 2.48. The Morgan fingerprint density at radius 1 is 1.27 bits per heavy atom. The van der Waals surface area contributed by atoms with Gasteiger partial charge in [0.2, 0.25) is 0 Å². The van der Waals surface area contributed by atoms with E-state index in [9.17, 15) is 31.1 Å². The molecule has 2 N–H and O–H groups in total. The lowest BCUT2D eigenvalue weighted by molar-refractivity contribution is -0.175. The SMILES string of the molecule is CCOC(=O)C(F)(F)[C@H](N)c1ccc(C(F)(F)F)cc1F.Cl. The Kier molecular flexibility index (Phi) is 6.70. The van der Waals surface area contributed by atoms with Crippen LogP contribution < -0.4 is 5.73 Å². The highest BCUT2D eigenvalue weighted by atomic mass is 35.5. The van der Waals surface area contributed by atoms with E-state index in [1.54, 1.807) is 0 Å². The molecule has 1 atom stereocenters. The fraction of sp³-hybridized carbons (Fsp3) is 0.417. The first kappa shape index (κ1) is 20.5. The minimum absolute atomic E-state index is 0. The molecule has 0 fully saturated rings. The summed E-state index contributed by atoms with van der Waals surface area (Å²) in [6, 6.07) is -1.55. The lowest BCUT2D eigenvalue weighted by Crippen LogP contribution is -2.42. The van der Waals surface area contributed by atoms with Crippen LogP contribution in [0.3, 0.4) is 0 Å². The Balaban J connectivity index is 0.00000441. The van der Waals surface area contributed by atoms with Crippen LogP contribution in [0.2, 0.25) is 0 Å². The number of rotatable bonds is 4. The number of carbonyl (C=O) groups is 1. The Hall–Kier alpha value is -1.48. The van der Waals surface area contributed by atoms with Gasteiger partial charge in [0.05, 0.1) is 12.2 Å². The first-order chi connectivity index (χ1) is 9.51. The van der Waals surface area contributed by atoms with E-state index in [-0.39, 0.29) is 25.1 Å². The van der Waals surface area contributed by atoms with Crippen LogP contribution in [-0.2, 0) is 15.7 Å². The molecular weight excluding hydrogens is 340 g/mol. The van der Waals surface area contributed by atoms with Gasteiger partial charge in [-0.1, -0.05) is 6.07 Å². The molecule has 0 unspecified atom stereocenters. The molecule has 0 heterocycles. The summed E-state index contributed by atoms with van der Waals surface area (Å²) < 4.78 is 81.9. The molecule has 0 saturated carbocycles. The summed E-state index contributed by atoms with van der Waals surface area (Å²) >= 11 is 0. The van der Waals surface area contributed by atoms with Crippen LogP contribution in [0.25, 0.3) is 0 Å². The molecule has 0 aliphatic carbocycles. The number of ether oxygens (including phenoxy) is 1. The number of alkyl halides is 5. The predicted molar refractivity (Wildman–Crippen MR) is 67.2 cm³/mol. The van der Waals surface area contributed by atoms with Gasteiger partial charge in [0.25, 0.3) is 0 Å². The summed E-state index contributed by atoms with van der Waals surface area (Å²) in [5.74, 6) is -7.82. The van der Waals surface area contributed by atoms with E-state index in [0.717, 1.165) is 0 Å². The zero-order valence-electron chi connectivity index (χ0n) is 11.1. The van der Waals surface area contributed by atoms with Gasteiger partial charge in [-0.15, -0.1) is 12.4 Å². The van der Waals surface area contributed by atoms with E-state index in [4.69, 9.17) is 5.73 Å². The van der Waals surface area contributed by atoms with Crippen molar-refractivity contribution in [2.45, 2.75) is 25.1 Å². The van der Waals surface area contributed by atoms with Crippen molar-refractivity contribution in [1.29, 1.82) is 0 Å². The normalized spacial score (nSPS) is 13.3. The van der Waals surface area contributed by atoms with E-state index in [1.807, 2.05) is 0 Å². The zero-order chi connectivity index (χ0) is 16.4. The Morgan fingerprint density at radius 3 is 2.23 bits per heavy atom. The van der Waals surface area contributed by atoms with E-state index in [1.165, 1.54) is 6.92 Å². The van der Waals surface area contributed by atoms with Crippen molar-refractivity contribution in [3.05, 3.63) is 35.1 Å². The smallest absolute Gasteiger partial charge is 0.416 e. The van der Waals surface area contributed by atoms with Gasteiger partial charge in [0, 0.05) is 5.56 Å². The van der Waals surface area contributed by atoms with Crippen LogP contribution >= 0.6 is 12.4 Å². The van der Waals surface area contributed by atoms with Crippen molar-refractivity contribution >= 4 is 18.4 Å². The van der Waals surface area contributed by atoms with Gasteiger partial charge >= 0.3 is 18.1 Å². The van der Waals surface area contributed by atoms with Crippen molar-refractivity contribution in [2.75, 3.05) is 6.61 Å². The minimum atomic E-state index is -4.83. The van der Waals surface area contributed by atoms with Gasteiger partial charge in [0.1, 0.15) is 11.9 Å². The highest BCUT2D eigenvalue weighted by molar-refractivity contribution is 5.85. The molecule has 0 aliphatic rings. The summed E-state index contributed by atoms with van der Waals surface area (Å²) in [7, 11) is 0. The number of nitrogens with two attached hydrogens (primary N) is 1. The number of hydrogen-bond acceptors (Lipinski definition) is 3. The molecule has 0 saturated heterocycles. The summed E-state index contributed by atoms with van der Waals surface area (Å²) in [5, 5.41) is 0. The Morgan fingerprint density at radius 2 is 1.82 bits per heavy atom. The van der Waals surface area contributed by atoms with Crippen LogP contribution in [-0.4, -0.2) is 18.5 Å². The average Bonchev–Trinajstić information content (AvgIpc) is 2.37. The lowest BCUT2D eigenvalue weighted by Gasteiger charge is -2.22. The first-order valence-electron chi connectivity index (χ1n) is 5.69. The minimum Gasteiger partial charge on any atom is -0.462 e. The van der Waals surface area contributed by atoms with Gasteiger partial charge in [-0.25, -0.2) is 9.18 Å². The topological polar surface area (TPSA) is 52.3 Å². The van der Waals surface area contributed by atoms with Crippen LogP contribution in [0.4, 0.5) is 26.3 Å². The van der Waals surface area contributed by atoms with Crippen molar-refractivity contribution < 1.29 is 35.9 Å². The van der Waals surface area contributed by atoms with Gasteiger partial charge in [-0.3, -0.25) is 0 Å². The molecule has 0 amide bonds. The van der Waals surface area contributed by atoms with Gasteiger partial charge in [-0.2, -0.15) is 22.0 Å². The number of carbonyl (C=O) groups excluding carboxylic acids is 1. The molecule has 0 aromatic heterocycles. The van der Waals surface area contributed by atoms with Crippen molar-refractivity contribution in [3.8, 4) is 0 Å². The van der Waals surface area contributed by atoms with Crippen LogP contribution in [0.1, 0.15) is 24.1 Å². The Labute approximate surface area is 127 Å². The first-order valence-corrected chi connectivity index (χ1v) is 5.69. The third-order valence-electron chi connectivity index (χ3n) is 2.60. The Bertz CT molecular complexity index is 535. The maximum absolute atomic E-state index is 13.6. The molecule has 1 rings (SSSR count). The zero-order valence-corrected chi connectivity index (χ0v) is 11.9. The maximum atomic E-state index is 13.6. The average molecular weight is 352 g/mol. The quantitative estimate of drug-likeness (QED) is 0.667. The standard InChI is InChI=1S/C12H11F6NO2.ClH/c1-2-21-10(20)11(14,15)9(19)7-4-3-6(5-8(7)13)12(16,17)18;/h3-5,9H,2,19H2,1H3;1H/t9-;/m1./s1. The second-order valence-electron chi connectivity index (χ2n) is 4.06. The second kappa shape index (κ2) is 7.19. The number of benzene rings is 1. The molecule has 1 aromatic rings. The number of esters is 1. The van der Waals surface area contributed by atoms with E-state index in [2.05, 4.69) is 4.74 Å². The molecule has 0 aliphatic heterocycles. The molecule has 22 heavy (non-hydrogen) atoms. The third-order valence-corrected chi connectivity index (χ3v) is 2.60. The summed E-state index contributed by atoms with van der Waals surface area (Å²) in [6.07, 6.45) is -4.83.